The maximum atomic E-state index is 10.3. The molecule has 4 N–H and O–H groups in total. The highest BCUT2D eigenvalue weighted by atomic mass is 16.4. The number of carbonyl (C=O) groups is 1. The van der Waals surface area contributed by atoms with Gasteiger partial charge in [-0.1, -0.05) is 12.1 Å². The first-order chi connectivity index (χ1) is 7.61. The first-order valence-corrected chi connectivity index (χ1v) is 5.37. The molecule has 0 heterocycles. The molecule has 1 aromatic carbocycles. The fourth-order valence-electron chi connectivity index (χ4n) is 1.65. The topological polar surface area (TPSA) is 75.3 Å². The molecule has 0 amide bonds. The van der Waals surface area contributed by atoms with Crippen LogP contribution >= 0.6 is 0 Å². The molecule has 0 aromatic heterocycles. The highest BCUT2D eigenvalue weighted by Crippen LogP contribution is 2.17. The Kier molecular flexibility index (Phi) is 4.79. The van der Waals surface area contributed by atoms with Crippen LogP contribution in [0.3, 0.4) is 0 Å². The Morgan fingerprint density at radius 2 is 2.25 bits per heavy atom. The molecule has 16 heavy (non-hydrogen) atoms. The second-order valence-electron chi connectivity index (χ2n) is 3.82. The Morgan fingerprint density at radius 3 is 2.88 bits per heavy atom. The summed E-state index contributed by atoms with van der Waals surface area (Å²) in [4.78, 5) is 10.3. The summed E-state index contributed by atoms with van der Waals surface area (Å²) in [5, 5.41) is 11.3. The van der Waals surface area contributed by atoms with Gasteiger partial charge in [0.2, 0.25) is 0 Å². The molecule has 4 heteroatoms. The van der Waals surface area contributed by atoms with Crippen molar-refractivity contribution in [3.63, 3.8) is 0 Å². The lowest BCUT2D eigenvalue weighted by atomic mass is 10.0. The van der Waals surface area contributed by atoms with Crippen LogP contribution in [0.1, 0.15) is 17.5 Å². The number of benzene rings is 1. The van der Waals surface area contributed by atoms with Gasteiger partial charge in [-0.3, -0.25) is 4.79 Å². The van der Waals surface area contributed by atoms with Crippen LogP contribution in [0.15, 0.2) is 18.2 Å². The molecular formula is C12H18N2O2. The van der Waals surface area contributed by atoms with Crippen LogP contribution in [-0.2, 0) is 11.2 Å². The number of anilines is 1. The smallest absolute Gasteiger partial charge is 0.317 e. The summed E-state index contributed by atoms with van der Waals surface area (Å²) in [6.45, 7) is 2.75. The lowest BCUT2D eigenvalue weighted by molar-refractivity contribution is -0.135. The first-order valence-electron chi connectivity index (χ1n) is 5.37. The summed E-state index contributed by atoms with van der Waals surface area (Å²) in [5.74, 6) is -0.824. The summed E-state index contributed by atoms with van der Waals surface area (Å²) in [5.41, 5.74) is 9.05. The zero-order chi connectivity index (χ0) is 12.0. The lowest BCUT2D eigenvalue weighted by Gasteiger charge is -2.09. The first kappa shape index (κ1) is 12.5. The standard InChI is InChI=1S/C12H18N2O2/c1-9-4-2-6-11(13)10(9)5-3-7-14-8-12(15)16/h2,4,6,14H,3,5,7-8,13H2,1H3,(H,15,16). The Morgan fingerprint density at radius 1 is 1.50 bits per heavy atom. The molecular weight excluding hydrogens is 204 g/mol. The van der Waals surface area contributed by atoms with Gasteiger partial charge in [0.15, 0.2) is 0 Å². The van der Waals surface area contributed by atoms with Gasteiger partial charge in [0, 0.05) is 5.69 Å². The van der Waals surface area contributed by atoms with Gasteiger partial charge in [-0.25, -0.2) is 0 Å². The van der Waals surface area contributed by atoms with Crippen molar-refractivity contribution >= 4 is 11.7 Å². The van der Waals surface area contributed by atoms with E-state index >= 15 is 0 Å². The predicted octanol–water partition coefficient (Wildman–Crippen LogP) is 1.18. The van der Waals surface area contributed by atoms with Crippen LogP contribution in [-0.4, -0.2) is 24.2 Å². The predicted molar refractivity (Wildman–Crippen MR) is 64.4 cm³/mol. The highest BCUT2D eigenvalue weighted by Gasteiger charge is 2.02. The number of aliphatic carboxylic acids is 1. The third-order valence-corrected chi connectivity index (χ3v) is 2.50. The van der Waals surface area contributed by atoms with Gasteiger partial charge < -0.3 is 16.2 Å². The molecule has 88 valence electrons. The van der Waals surface area contributed by atoms with Crippen molar-refractivity contribution in [2.45, 2.75) is 19.8 Å². The normalized spacial score (nSPS) is 10.3. The van der Waals surface area contributed by atoms with Crippen molar-refractivity contribution in [3.05, 3.63) is 29.3 Å². The average molecular weight is 222 g/mol. The second kappa shape index (κ2) is 6.12. The summed E-state index contributed by atoms with van der Waals surface area (Å²) in [6.07, 6.45) is 1.77. The molecule has 0 saturated carbocycles. The van der Waals surface area contributed by atoms with E-state index < -0.39 is 5.97 Å². The average Bonchev–Trinajstić information content (AvgIpc) is 2.21. The van der Waals surface area contributed by atoms with Crippen molar-refractivity contribution in [1.29, 1.82) is 0 Å². The van der Waals surface area contributed by atoms with Gasteiger partial charge in [0.1, 0.15) is 0 Å². The monoisotopic (exact) mass is 222 g/mol. The van der Waals surface area contributed by atoms with Crippen LogP contribution in [0.4, 0.5) is 5.69 Å². The molecule has 1 rings (SSSR count). The van der Waals surface area contributed by atoms with Crippen LogP contribution < -0.4 is 11.1 Å². The number of nitrogens with two attached hydrogens (primary N) is 1. The number of hydrogen-bond acceptors (Lipinski definition) is 3. The Hall–Kier alpha value is -1.55. The summed E-state index contributed by atoms with van der Waals surface area (Å²) < 4.78 is 0. The third kappa shape index (κ3) is 3.90. The van der Waals surface area contributed by atoms with Gasteiger partial charge in [-0.15, -0.1) is 0 Å². The van der Waals surface area contributed by atoms with Gasteiger partial charge in [0.05, 0.1) is 6.54 Å². The number of hydrogen-bond donors (Lipinski definition) is 3. The van der Waals surface area contributed by atoms with Gasteiger partial charge >= 0.3 is 5.97 Å². The lowest BCUT2D eigenvalue weighted by Crippen LogP contribution is -2.23. The van der Waals surface area contributed by atoms with E-state index in [0.29, 0.717) is 6.54 Å². The van der Waals surface area contributed by atoms with Crippen molar-refractivity contribution in [2.75, 3.05) is 18.8 Å². The quantitative estimate of drug-likeness (QED) is 0.499. The Labute approximate surface area is 95.5 Å². The maximum Gasteiger partial charge on any atom is 0.317 e. The van der Waals surface area contributed by atoms with E-state index in [0.717, 1.165) is 18.5 Å². The second-order valence-corrected chi connectivity index (χ2v) is 3.82. The largest absolute Gasteiger partial charge is 0.480 e. The molecule has 4 nitrogen and oxygen atoms in total. The van der Waals surface area contributed by atoms with E-state index in [1.165, 1.54) is 11.1 Å². The molecule has 0 spiro atoms. The minimum atomic E-state index is -0.824. The van der Waals surface area contributed by atoms with Crippen molar-refractivity contribution in [1.82, 2.24) is 5.32 Å². The molecule has 1 aromatic rings. The minimum Gasteiger partial charge on any atom is -0.480 e. The maximum absolute atomic E-state index is 10.3. The van der Waals surface area contributed by atoms with E-state index in [-0.39, 0.29) is 6.54 Å². The number of aryl methyl sites for hydroxylation is 1. The zero-order valence-electron chi connectivity index (χ0n) is 9.49. The number of carboxylic acids is 1. The molecule has 0 aliphatic heterocycles. The molecule has 0 fully saturated rings. The van der Waals surface area contributed by atoms with Crippen LogP contribution in [0.2, 0.25) is 0 Å². The number of carboxylic acid groups (broad SMARTS) is 1. The van der Waals surface area contributed by atoms with E-state index in [1.807, 2.05) is 25.1 Å². The molecule has 0 unspecified atom stereocenters. The molecule has 0 saturated heterocycles. The highest BCUT2D eigenvalue weighted by molar-refractivity contribution is 5.68. The Balaban J connectivity index is 2.34. The van der Waals surface area contributed by atoms with Crippen molar-refractivity contribution in [2.24, 2.45) is 0 Å². The summed E-state index contributed by atoms with van der Waals surface area (Å²) in [7, 11) is 0. The number of rotatable bonds is 6. The van der Waals surface area contributed by atoms with Crippen LogP contribution in [0.25, 0.3) is 0 Å². The van der Waals surface area contributed by atoms with Gasteiger partial charge in [0.25, 0.3) is 0 Å². The fourth-order valence-corrected chi connectivity index (χ4v) is 1.65. The van der Waals surface area contributed by atoms with E-state index in [4.69, 9.17) is 10.8 Å². The van der Waals surface area contributed by atoms with Crippen LogP contribution in [0, 0.1) is 6.92 Å². The SMILES string of the molecule is Cc1cccc(N)c1CCCNCC(=O)O. The Bertz CT molecular complexity index is 344. The van der Waals surface area contributed by atoms with Gasteiger partial charge in [-0.05, 0) is 43.5 Å². The number of nitrogen functional groups attached to an aromatic ring is 1. The zero-order valence-corrected chi connectivity index (χ0v) is 9.49. The third-order valence-electron chi connectivity index (χ3n) is 2.50. The number of nitrogens with one attached hydrogen (secondary N) is 1. The molecule has 0 atom stereocenters. The molecule has 0 aliphatic carbocycles. The fraction of sp³-hybridized carbons (Fsp3) is 0.417. The van der Waals surface area contributed by atoms with E-state index in [1.54, 1.807) is 0 Å². The van der Waals surface area contributed by atoms with Gasteiger partial charge in [-0.2, -0.15) is 0 Å². The van der Waals surface area contributed by atoms with Crippen LogP contribution in [0.5, 0.6) is 0 Å². The van der Waals surface area contributed by atoms with Crippen molar-refractivity contribution in [3.8, 4) is 0 Å². The summed E-state index contributed by atoms with van der Waals surface area (Å²) in [6, 6.07) is 5.88. The van der Waals surface area contributed by atoms with E-state index in [9.17, 15) is 4.79 Å². The minimum absolute atomic E-state index is 0.0171. The molecule has 0 radical (unpaired) electrons. The molecule has 0 bridgehead atoms. The van der Waals surface area contributed by atoms with Crippen molar-refractivity contribution < 1.29 is 9.90 Å². The van der Waals surface area contributed by atoms with E-state index in [2.05, 4.69) is 5.32 Å². The summed E-state index contributed by atoms with van der Waals surface area (Å²) >= 11 is 0. The molecule has 0 aliphatic rings.